The van der Waals surface area contributed by atoms with E-state index >= 15 is 0 Å². The minimum absolute atomic E-state index is 0.378. The summed E-state index contributed by atoms with van der Waals surface area (Å²) in [6.45, 7) is 2.97. The summed E-state index contributed by atoms with van der Waals surface area (Å²) in [5.74, 6) is -0.679. The molecule has 4 rings (SSSR count). The first-order chi connectivity index (χ1) is 19.1. The van der Waals surface area contributed by atoms with E-state index in [4.69, 9.17) is 27.6 Å². The topological polar surface area (TPSA) is 127 Å². The fraction of sp³-hybridized carbons (Fsp3) is 0.214. The van der Waals surface area contributed by atoms with Gasteiger partial charge in [-0.2, -0.15) is 5.10 Å². The first-order valence-electron chi connectivity index (χ1n) is 12.2. The number of nitrogens with one attached hydrogen (secondary N) is 2. The van der Waals surface area contributed by atoms with Crippen LogP contribution in [0.2, 0.25) is 10.0 Å². The van der Waals surface area contributed by atoms with Crippen LogP contribution in [0.15, 0.2) is 82.5 Å². The molecule has 208 valence electrons. The highest BCUT2D eigenvalue weighted by atomic mass is 35.5. The number of furan rings is 1. The van der Waals surface area contributed by atoms with Crippen molar-refractivity contribution in [2.75, 3.05) is 16.8 Å². The molecule has 3 aromatic rings. The molecule has 3 N–H and O–H groups in total. The predicted octanol–water partition coefficient (Wildman–Crippen LogP) is 4.79. The predicted molar refractivity (Wildman–Crippen MR) is 154 cm³/mol. The zero-order valence-electron chi connectivity index (χ0n) is 21.6. The van der Waals surface area contributed by atoms with Crippen LogP contribution in [0, 0.1) is 0 Å². The molecule has 12 heteroatoms. The number of rotatable bonds is 9. The van der Waals surface area contributed by atoms with Gasteiger partial charge in [0.05, 0.1) is 17.8 Å². The molecule has 2 aromatic carbocycles. The molecule has 2 heterocycles. The molecule has 2 unspecified atom stereocenters. The van der Waals surface area contributed by atoms with Gasteiger partial charge < -0.3 is 19.7 Å². The Morgan fingerprint density at radius 2 is 1.75 bits per heavy atom. The highest BCUT2D eigenvalue weighted by Crippen LogP contribution is 2.38. The number of amides is 4. The number of carbonyl (C=O) groups excluding carboxylic acids is 3. The third-order valence-electron chi connectivity index (χ3n) is 6.37. The van der Waals surface area contributed by atoms with Crippen molar-refractivity contribution in [2.45, 2.75) is 31.5 Å². The van der Waals surface area contributed by atoms with Crippen molar-refractivity contribution in [1.82, 2.24) is 10.3 Å². The smallest absolute Gasteiger partial charge is 0.325 e. The van der Waals surface area contributed by atoms with E-state index in [1.807, 2.05) is 0 Å². The van der Waals surface area contributed by atoms with Gasteiger partial charge in [-0.05, 0) is 86.7 Å². The van der Waals surface area contributed by atoms with E-state index in [-0.39, 0.29) is 6.54 Å². The van der Waals surface area contributed by atoms with Crippen molar-refractivity contribution in [1.29, 1.82) is 0 Å². The van der Waals surface area contributed by atoms with E-state index in [1.165, 1.54) is 22.3 Å². The molecule has 0 aliphatic carbocycles. The van der Waals surface area contributed by atoms with Crippen molar-refractivity contribution in [3.05, 3.63) is 88.8 Å². The summed E-state index contributed by atoms with van der Waals surface area (Å²) < 4.78 is 5.18. The van der Waals surface area contributed by atoms with Gasteiger partial charge in [0, 0.05) is 27.6 Å². The van der Waals surface area contributed by atoms with Gasteiger partial charge in [-0.3, -0.25) is 14.5 Å². The minimum Gasteiger partial charge on any atom is -0.465 e. The standard InChI is InChI=1S/C28H27Cl2N5O5/c1-28(2)25(24(37)26(38)32-20-11-7-18(29)8-12-20)35(21-13-9-19(30)10-14-21)27(39)34(28)17-23(36)33-31-15-3-5-22-6-4-16-40-22/h3-16,24-25,37H,17H2,1-2H3,(H,32,38)(H,33,36)/b5-3+,31-15+. The van der Waals surface area contributed by atoms with E-state index in [9.17, 15) is 19.5 Å². The number of aliphatic hydroxyl groups excluding tert-OH is 1. The summed E-state index contributed by atoms with van der Waals surface area (Å²) >= 11 is 12.0. The number of hydrogen-bond acceptors (Lipinski definition) is 6. The molecule has 1 aromatic heterocycles. The Balaban J connectivity index is 1.54. The van der Waals surface area contributed by atoms with Gasteiger partial charge >= 0.3 is 6.03 Å². The van der Waals surface area contributed by atoms with Gasteiger partial charge in [0.2, 0.25) is 0 Å². The Hall–Kier alpha value is -4.12. The van der Waals surface area contributed by atoms with Crippen LogP contribution in [0.3, 0.4) is 0 Å². The van der Waals surface area contributed by atoms with Crippen LogP contribution in [-0.2, 0) is 9.59 Å². The van der Waals surface area contributed by atoms with Crippen molar-refractivity contribution in [3.63, 3.8) is 0 Å². The molecule has 2 atom stereocenters. The lowest BCUT2D eigenvalue weighted by Crippen LogP contribution is -2.57. The van der Waals surface area contributed by atoms with Gasteiger partial charge in [0.25, 0.3) is 11.8 Å². The lowest BCUT2D eigenvalue weighted by Gasteiger charge is -2.36. The van der Waals surface area contributed by atoms with Crippen LogP contribution in [0.1, 0.15) is 19.6 Å². The average molecular weight is 584 g/mol. The van der Waals surface area contributed by atoms with Crippen molar-refractivity contribution < 1.29 is 23.9 Å². The molecule has 1 saturated heterocycles. The SMILES string of the molecule is CC1(C)C(C(O)C(=O)Nc2ccc(Cl)cc2)N(c2ccc(Cl)cc2)C(=O)N1CC(=O)N/N=C/C=C/c1ccco1. The molecular formula is C28H27Cl2N5O5. The fourth-order valence-electron chi connectivity index (χ4n) is 4.39. The van der Waals surface area contributed by atoms with Crippen LogP contribution in [0.4, 0.5) is 16.2 Å². The Labute approximate surface area is 240 Å². The van der Waals surface area contributed by atoms with E-state index in [0.717, 1.165) is 0 Å². The number of hydrazone groups is 1. The Morgan fingerprint density at radius 1 is 1.10 bits per heavy atom. The number of benzene rings is 2. The number of halogens is 2. The van der Waals surface area contributed by atoms with Gasteiger partial charge in [0.1, 0.15) is 12.3 Å². The van der Waals surface area contributed by atoms with Gasteiger partial charge in [0.15, 0.2) is 6.10 Å². The second-order valence-electron chi connectivity index (χ2n) is 9.44. The Kier molecular flexibility index (Phi) is 8.93. The monoisotopic (exact) mass is 583 g/mol. The van der Waals surface area contributed by atoms with Crippen LogP contribution >= 0.6 is 23.2 Å². The number of urea groups is 1. The largest absolute Gasteiger partial charge is 0.465 e. The maximum Gasteiger partial charge on any atom is 0.325 e. The summed E-state index contributed by atoms with van der Waals surface area (Å²) in [7, 11) is 0. The fourth-order valence-corrected chi connectivity index (χ4v) is 4.64. The summed E-state index contributed by atoms with van der Waals surface area (Å²) in [4.78, 5) is 42.2. The van der Waals surface area contributed by atoms with Crippen LogP contribution < -0.4 is 15.6 Å². The van der Waals surface area contributed by atoms with Gasteiger partial charge in [-0.25, -0.2) is 10.2 Å². The van der Waals surface area contributed by atoms with E-state index in [0.29, 0.717) is 27.2 Å². The molecule has 0 radical (unpaired) electrons. The summed E-state index contributed by atoms with van der Waals surface area (Å²) in [6, 6.07) is 14.6. The number of allylic oxidation sites excluding steroid dienone is 1. The average Bonchev–Trinajstić information content (AvgIpc) is 3.50. The summed E-state index contributed by atoms with van der Waals surface area (Å²) in [5.41, 5.74) is 2.03. The van der Waals surface area contributed by atoms with E-state index in [1.54, 1.807) is 86.7 Å². The number of anilines is 2. The lowest BCUT2D eigenvalue weighted by atomic mass is 9.89. The van der Waals surface area contributed by atoms with Crippen LogP contribution in [0.5, 0.6) is 0 Å². The first kappa shape index (κ1) is 28.9. The van der Waals surface area contributed by atoms with Gasteiger partial charge in [-0.1, -0.05) is 23.2 Å². The molecule has 1 aliphatic heterocycles. The molecule has 0 saturated carbocycles. The molecule has 0 bridgehead atoms. The quantitative estimate of drug-likeness (QED) is 0.246. The molecule has 1 fully saturated rings. The molecule has 4 amide bonds. The van der Waals surface area contributed by atoms with Gasteiger partial charge in [-0.15, -0.1) is 0 Å². The summed E-state index contributed by atoms with van der Waals surface area (Å²) in [5, 5.41) is 18.7. The zero-order valence-corrected chi connectivity index (χ0v) is 23.1. The third kappa shape index (κ3) is 6.53. The second kappa shape index (κ2) is 12.4. The third-order valence-corrected chi connectivity index (χ3v) is 6.88. The number of nitrogens with zero attached hydrogens (tertiary/aromatic N) is 3. The number of hydrogen-bond donors (Lipinski definition) is 3. The highest BCUT2D eigenvalue weighted by Gasteiger charge is 2.56. The van der Waals surface area contributed by atoms with Crippen molar-refractivity contribution >= 4 is 64.7 Å². The number of aliphatic hydroxyl groups is 1. The zero-order chi connectivity index (χ0) is 28.9. The molecule has 1 aliphatic rings. The molecule has 10 nitrogen and oxygen atoms in total. The molecule has 0 spiro atoms. The van der Waals surface area contributed by atoms with Crippen LogP contribution in [0.25, 0.3) is 6.08 Å². The maximum absolute atomic E-state index is 13.7. The Morgan fingerprint density at radius 3 is 2.38 bits per heavy atom. The second-order valence-corrected chi connectivity index (χ2v) is 10.3. The minimum atomic E-state index is -1.66. The lowest BCUT2D eigenvalue weighted by molar-refractivity contribution is -0.126. The van der Waals surface area contributed by atoms with Crippen molar-refractivity contribution in [3.8, 4) is 0 Å². The highest BCUT2D eigenvalue weighted by molar-refractivity contribution is 6.31. The van der Waals surface area contributed by atoms with E-state index < -0.39 is 35.5 Å². The number of carbonyl (C=O) groups is 3. The first-order valence-corrected chi connectivity index (χ1v) is 13.0. The maximum atomic E-state index is 13.7. The molecular weight excluding hydrogens is 557 g/mol. The van der Waals surface area contributed by atoms with E-state index in [2.05, 4.69) is 15.8 Å². The normalized spacial score (nSPS) is 17.5. The summed E-state index contributed by atoms with van der Waals surface area (Å²) in [6.07, 6.45) is 4.48. The van der Waals surface area contributed by atoms with Crippen molar-refractivity contribution in [2.24, 2.45) is 5.10 Å². The van der Waals surface area contributed by atoms with Crippen LogP contribution in [-0.4, -0.2) is 58.3 Å². The Bertz CT molecular complexity index is 1410. The molecule has 40 heavy (non-hydrogen) atoms.